The van der Waals surface area contributed by atoms with E-state index in [2.05, 4.69) is 5.32 Å². The number of carbonyl (C=O) groups excluding carboxylic acids is 1. The van der Waals surface area contributed by atoms with Crippen molar-refractivity contribution in [3.63, 3.8) is 0 Å². The van der Waals surface area contributed by atoms with Crippen LogP contribution in [0.15, 0.2) is 18.2 Å². The molecule has 1 aliphatic rings. The van der Waals surface area contributed by atoms with Crippen LogP contribution >= 0.6 is 12.2 Å². The minimum atomic E-state index is -0.646. The third-order valence-electron chi connectivity index (χ3n) is 2.97. The number of carbonyl (C=O) groups is 1. The molecule has 2 rings (SSSR count). The predicted octanol–water partition coefficient (Wildman–Crippen LogP) is 1.51. The molecule has 0 bridgehead atoms. The van der Waals surface area contributed by atoms with Crippen LogP contribution in [0.2, 0.25) is 0 Å². The third-order valence-corrected chi connectivity index (χ3v) is 3.21. The van der Waals surface area contributed by atoms with Gasteiger partial charge in [-0.3, -0.25) is 4.79 Å². The molecule has 6 heteroatoms. The average molecular weight is 282 g/mol. The summed E-state index contributed by atoms with van der Waals surface area (Å²) >= 11 is 4.77. The van der Waals surface area contributed by atoms with Gasteiger partial charge in [-0.2, -0.15) is 0 Å². The number of nitrogens with one attached hydrogen (secondary N) is 1. The molecule has 1 fully saturated rings. The minimum absolute atomic E-state index is 0.0436. The number of nitrogens with two attached hydrogens (primary N) is 1. The van der Waals surface area contributed by atoms with Gasteiger partial charge in [-0.25, -0.2) is 4.39 Å². The highest BCUT2D eigenvalue weighted by Gasteiger charge is 2.23. The number of benzene rings is 1. The molecule has 1 unspecified atom stereocenters. The van der Waals surface area contributed by atoms with E-state index in [0.717, 1.165) is 12.8 Å². The summed E-state index contributed by atoms with van der Waals surface area (Å²) < 4.78 is 19.3. The number of thiocarbonyl (C=S) groups is 1. The second-order valence-corrected chi connectivity index (χ2v) is 4.84. The Morgan fingerprint density at radius 1 is 1.47 bits per heavy atom. The molecule has 1 amide bonds. The monoisotopic (exact) mass is 282 g/mol. The molecule has 1 heterocycles. The first kappa shape index (κ1) is 13.7. The van der Waals surface area contributed by atoms with Gasteiger partial charge in [0.2, 0.25) is 0 Å². The van der Waals surface area contributed by atoms with E-state index in [1.807, 2.05) is 0 Å². The zero-order chi connectivity index (χ0) is 13.8. The fourth-order valence-corrected chi connectivity index (χ4v) is 2.05. The molecular weight excluding hydrogens is 267 g/mol. The molecule has 1 atom stereocenters. The first-order chi connectivity index (χ1) is 9.08. The van der Waals surface area contributed by atoms with Crippen molar-refractivity contribution >= 4 is 23.1 Å². The van der Waals surface area contributed by atoms with Gasteiger partial charge in [-0.1, -0.05) is 12.2 Å². The molecule has 102 valence electrons. The van der Waals surface area contributed by atoms with Crippen molar-refractivity contribution in [2.24, 2.45) is 5.73 Å². The molecule has 0 aliphatic carbocycles. The molecular formula is C13H15FN2O2S. The van der Waals surface area contributed by atoms with E-state index in [1.165, 1.54) is 12.1 Å². The van der Waals surface area contributed by atoms with Crippen LogP contribution in [0.4, 0.5) is 4.39 Å². The second-order valence-electron chi connectivity index (χ2n) is 4.40. The lowest BCUT2D eigenvalue weighted by molar-refractivity contribution is -0.127. The Bertz CT molecular complexity index is 507. The molecule has 3 N–H and O–H groups in total. The molecule has 1 saturated heterocycles. The number of hydrogen-bond acceptors (Lipinski definition) is 3. The summed E-state index contributed by atoms with van der Waals surface area (Å²) in [5.74, 6) is -0.722. The second kappa shape index (κ2) is 5.97. The van der Waals surface area contributed by atoms with E-state index in [1.54, 1.807) is 6.07 Å². The SMILES string of the molecule is NC(=S)c1ccc(OC2CCCCNC2=O)c(F)c1. The molecule has 0 spiro atoms. The molecule has 0 aromatic heterocycles. The lowest BCUT2D eigenvalue weighted by Gasteiger charge is -2.16. The molecule has 1 aromatic rings. The smallest absolute Gasteiger partial charge is 0.261 e. The number of amides is 1. The maximum absolute atomic E-state index is 13.8. The zero-order valence-corrected chi connectivity index (χ0v) is 11.1. The number of rotatable bonds is 3. The van der Waals surface area contributed by atoms with Crippen molar-refractivity contribution < 1.29 is 13.9 Å². The fraction of sp³-hybridized carbons (Fsp3) is 0.385. The Labute approximate surface area is 116 Å². The number of ether oxygens (including phenoxy) is 1. The third kappa shape index (κ3) is 3.41. The summed E-state index contributed by atoms with van der Waals surface area (Å²) in [7, 11) is 0. The number of hydrogen-bond donors (Lipinski definition) is 2. The standard InChI is InChI=1S/C13H15FN2O2S/c14-9-7-8(12(15)19)4-5-10(9)18-11-3-1-2-6-16-13(11)17/h4-5,7,11H,1-3,6H2,(H2,15,19)(H,16,17). The van der Waals surface area contributed by atoms with Crippen molar-refractivity contribution in [3.8, 4) is 5.75 Å². The van der Waals surface area contributed by atoms with Crippen LogP contribution in [0, 0.1) is 5.82 Å². The molecule has 19 heavy (non-hydrogen) atoms. The van der Waals surface area contributed by atoms with Crippen molar-refractivity contribution in [3.05, 3.63) is 29.6 Å². The van der Waals surface area contributed by atoms with Crippen LogP contribution in [-0.2, 0) is 4.79 Å². The molecule has 1 aromatic carbocycles. The van der Waals surface area contributed by atoms with Gasteiger partial charge < -0.3 is 15.8 Å². The van der Waals surface area contributed by atoms with Crippen molar-refractivity contribution in [2.45, 2.75) is 25.4 Å². The number of halogens is 1. The van der Waals surface area contributed by atoms with Gasteiger partial charge in [0.25, 0.3) is 5.91 Å². The van der Waals surface area contributed by atoms with Gasteiger partial charge in [0, 0.05) is 12.1 Å². The van der Waals surface area contributed by atoms with Gasteiger partial charge in [-0.05, 0) is 37.5 Å². The minimum Gasteiger partial charge on any atom is -0.478 e. The van der Waals surface area contributed by atoms with E-state index in [9.17, 15) is 9.18 Å². The summed E-state index contributed by atoms with van der Waals surface area (Å²) in [5, 5.41) is 2.74. The Morgan fingerprint density at radius 2 is 2.26 bits per heavy atom. The van der Waals surface area contributed by atoms with E-state index >= 15 is 0 Å². The largest absolute Gasteiger partial charge is 0.478 e. The Hall–Kier alpha value is -1.69. The van der Waals surface area contributed by atoms with Gasteiger partial charge in [0.15, 0.2) is 17.7 Å². The summed E-state index contributed by atoms with van der Waals surface area (Å²) in [6.45, 7) is 0.640. The highest BCUT2D eigenvalue weighted by Crippen LogP contribution is 2.21. The van der Waals surface area contributed by atoms with Crippen LogP contribution in [0.25, 0.3) is 0 Å². The Morgan fingerprint density at radius 3 is 2.95 bits per heavy atom. The lowest BCUT2D eigenvalue weighted by atomic mass is 10.1. The molecule has 4 nitrogen and oxygen atoms in total. The first-order valence-corrected chi connectivity index (χ1v) is 6.52. The van der Waals surface area contributed by atoms with Gasteiger partial charge in [0.1, 0.15) is 4.99 Å². The van der Waals surface area contributed by atoms with Crippen molar-refractivity contribution in [1.82, 2.24) is 5.32 Å². The summed E-state index contributed by atoms with van der Waals surface area (Å²) in [4.78, 5) is 11.8. The summed E-state index contributed by atoms with van der Waals surface area (Å²) in [6.07, 6.45) is 1.72. The van der Waals surface area contributed by atoms with Crippen LogP contribution < -0.4 is 15.8 Å². The van der Waals surface area contributed by atoms with Gasteiger partial charge >= 0.3 is 0 Å². The quantitative estimate of drug-likeness (QED) is 0.825. The Balaban J connectivity index is 2.14. The van der Waals surface area contributed by atoms with Crippen LogP contribution in [0.5, 0.6) is 5.75 Å². The lowest BCUT2D eigenvalue weighted by Crippen LogP contribution is -2.36. The topological polar surface area (TPSA) is 64.3 Å². The molecule has 0 radical (unpaired) electrons. The van der Waals surface area contributed by atoms with Crippen LogP contribution in [-0.4, -0.2) is 23.5 Å². The maximum Gasteiger partial charge on any atom is 0.261 e. The van der Waals surface area contributed by atoms with E-state index in [0.29, 0.717) is 18.5 Å². The maximum atomic E-state index is 13.8. The fourth-order valence-electron chi connectivity index (χ4n) is 1.93. The molecule has 1 aliphatic heterocycles. The van der Waals surface area contributed by atoms with E-state index in [4.69, 9.17) is 22.7 Å². The van der Waals surface area contributed by atoms with Crippen LogP contribution in [0.1, 0.15) is 24.8 Å². The van der Waals surface area contributed by atoms with Crippen molar-refractivity contribution in [2.75, 3.05) is 6.54 Å². The van der Waals surface area contributed by atoms with Crippen LogP contribution in [0.3, 0.4) is 0 Å². The predicted molar refractivity (Wildman–Crippen MR) is 73.6 cm³/mol. The van der Waals surface area contributed by atoms with E-state index in [-0.39, 0.29) is 16.6 Å². The van der Waals surface area contributed by atoms with Crippen molar-refractivity contribution in [1.29, 1.82) is 0 Å². The normalized spacial score (nSPS) is 19.4. The highest BCUT2D eigenvalue weighted by molar-refractivity contribution is 7.80. The zero-order valence-electron chi connectivity index (χ0n) is 10.3. The van der Waals surface area contributed by atoms with Gasteiger partial charge in [-0.15, -0.1) is 0 Å². The van der Waals surface area contributed by atoms with E-state index < -0.39 is 11.9 Å². The summed E-state index contributed by atoms with van der Waals surface area (Å²) in [6, 6.07) is 4.24. The van der Waals surface area contributed by atoms with Gasteiger partial charge in [0.05, 0.1) is 0 Å². The first-order valence-electron chi connectivity index (χ1n) is 6.11. The highest BCUT2D eigenvalue weighted by atomic mass is 32.1. The average Bonchev–Trinajstić information content (AvgIpc) is 2.57. The molecule has 0 saturated carbocycles. The Kier molecular flexibility index (Phi) is 4.31. The summed E-state index contributed by atoms with van der Waals surface area (Å²) in [5.41, 5.74) is 5.85.